The molecule has 0 heterocycles. The Labute approximate surface area is 182 Å². The minimum absolute atomic E-state index is 0.00602. The third kappa shape index (κ3) is 5.57. The smallest absolute Gasteiger partial charge is 0.255 e. The average molecular weight is 467 g/mol. The maximum Gasteiger partial charge on any atom is 0.255 e. The van der Waals surface area contributed by atoms with Crippen molar-refractivity contribution < 1.29 is 26.7 Å². The molecule has 0 aliphatic rings. The van der Waals surface area contributed by atoms with Gasteiger partial charge < -0.3 is 10.1 Å². The second-order valence-corrected chi connectivity index (χ2v) is 8.57. The molecule has 3 aromatic carbocycles. The number of amides is 1. The van der Waals surface area contributed by atoms with Crippen LogP contribution < -0.4 is 14.8 Å². The van der Waals surface area contributed by atoms with Crippen molar-refractivity contribution in [1.82, 2.24) is 4.72 Å². The number of sulfonamides is 1. The molecular formula is C21H17ClF2N2O4S. The van der Waals surface area contributed by atoms with Crippen molar-refractivity contribution in [3.8, 4) is 5.75 Å². The molecule has 10 heteroatoms. The standard InChI is InChI=1S/C21H17ClF2N2O4S/c1-30-19-9-4-14(21(27)26-16-7-8-17(23)18(24)11-16)10-20(19)31(28,29)25-12-13-2-5-15(22)6-3-13/h2-11,25H,12H2,1H3,(H,26,27). The number of ether oxygens (including phenoxy) is 1. The van der Waals surface area contributed by atoms with E-state index in [1.54, 1.807) is 24.3 Å². The lowest BCUT2D eigenvalue weighted by molar-refractivity contribution is 0.102. The van der Waals surface area contributed by atoms with E-state index in [2.05, 4.69) is 10.0 Å². The quantitative estimate of drug-likeness (QED) is 0.542. The second-order valence-electron chi connectivity index (χ2n) is 6.40. The van der Waals surface area contributed by atoms with E-state index in [1.165, 1.54) is 25.3 Å². The number of methoxy groups -OCH3 is 1. The summed E-state index contributed by atoms with van der Waals surface area (Å²) in [6.45, 7) is -0.00602. The van der Waals surface area contributed by atoms with Crippen molar-refractivity contribution in [2.75, 3.05) is 12.4 Å². The van der Waals surface area contributed by atoms with Gasteiger partial charge >= 0.3 is 0 Å². The molecule has 0 saturated heterocycles. The van der Waals surface area contributed by atoms with Gasteiger partial charge in [0, 0.05) is 28.9 Å². The van der Waals surface area contributed by atoms with E-state index in [9.17, 15) is 22.0 Å². The maximum atomic E-state index is 13.4. The molecule has 0 aliphatic carbocycles. The highest BCUT2D eigenvalue weighted by Gasteiger charge is 2.22. The molecule has 162 valence electrons. The van der Waals surface area contributed by atoms with E-state index in [4.69, 9.17) is 16.3 Å². The van der Waals surface area contributed by atoms with Crippen LogP contribution in [-0.2, 0) is 16.6 Å². The van der Waals surface area contributed by atoms with Gasteiger partial charge in [0.25, 0.3) is 5.91 Å². The van der Waals surface area contributed by atoms with Gasteiger partial charge in [-0.1, -0.05) is 23.7 Å². The van der Waals surface area contributed by atoms with Gasteiger partial charge in [-0.3, -0.25) is 4.79 Å². The Bertz CT molecular complexity index is 1220. The van der Waals surface area contributed by atoms with E-state index in [0.717, 1.165) is 18.2 Å². The molecule has 0 aliphatic heterocycles. The van der Waals surface area contributed by atoms with Crippen molar-refractivity contribution in [2.24, 2.45) is 0 Å². The molecule has 6 nitrogen and oxygen atoms in total. The van der Waals surface area contributed by atoms with E-state index in [0.29, 0.717) is 10.6 Å². The van der Waals surface area contributed by atoms with Crippen LogP contribution in [0.5, 0.6) is 5.75 Å². The van der Waals surface area contributed by atoms with Gasteiger partial charge in [0.1, 0.15) is 10.6 Å². The number of hydrogen-bond donors (Lipinski definition) is 2. The van der Waals surface area contributed by atoms with Gasteiger partial charge in [-0.2, -0.15) is 0 Å². The van der Waals surface area contributed by atoms with E-state index < -0.39 is 27.6 Å². The van der Waals surface area contributed by atoms with Crippen LogP contribution in [-0.4, -0.2) is 21.4 Å². The number of nitrogens with one attached hydrogen (secondary N) is 2. The highest BCUT2D eigenvalue weighted by atomic mass is 35.5. The van der Waals surface area contributed by atoms with Crippen LogP contribution in [0.2, 0.25) is 5.02 Å². The Kier molecular flexibility index (Phi) is 6.89. The molecule has 1 amide bonds. The molecule has 0 fully saturated rings. The zero-order chi connectivity index (χ0) is 22.6. The summed E-state index contributed by atoms with van der Waals surface area (Å²) < 4.78 is 59.6. The van der Waals surface area contributed by atoms with Crippen LogP contribution in [0.25, 0.3) is 0 Å². The molecule has 0 radical (unpaired) electrons. The second kappa shape index (κ2) is 9.42. The maximum absolute atomic E-state index is 13.4. The lowest BCUT2D eigenvalue weighted by Crippen LogP contribution is -2.24. The summed E-state index contributed by atoms with van der Waals surface area (Å²) in [4.78, 5) is 12.3. The van der Waals surface area contributed by atoms with Gasteiger partial charge in [-0.25, -0.2) is 21.9 Å². The SMILES string of the molecule is COc1ccc(C(=O)Nc2ccc(F)c(F)c2)cc1S(=O)(=O)NCc1ccc(Cl)cc1. The van der Waals surface area contributed by atoms with Crippen LogP contribution in [0.1, 0.15) is 15.9 Å². The number of anilines is 1. The molecule has 0 unspecified atom stereocenters. The summed E-state index contributed by atoms with van der Waals surface area (Å²) in [6.07, 6.45) is 0. The Hall–Kier alpha value is -3.01. The molecule has 3 aromatic rings. The summed E-state index contributed by atoms with van der Waals surface area (Å²) in [5.41, 5.74) is 0.682. The Morgan fingerprint density at radius 2 is 1.71 bits per heavy atom. The van der Waals surface area contributed by atoms with E-state index in [-0.39, 0.29) is 28.4 Å². The van der Waals surface area contributed by atoms with E-state index in [1.807, 2.05) is 0 Å². The molecule has 0 bridgehead atoms. The Morgan fingerprint density at radius 3 is 2.35 bits per heavy atom. The van der Waals surface area contributed by atoms with Crippen LogP contribution in [0.3, 0.4) is 0 Å². The first-order valence-corrected chi connectivity index (χ1v) is 10.7. The lowest BCUT2D eigenvalue weighted by atomic mass is 10.2. The monoisotopic (exact) mass is 466 g/mol. The Morgan fingerprint density at radius 1 is 1.00 bits per heavy atom. The fraction of sp³-hybridized carbons (Fsp3) is 0.0952. The first kappa shape index (κ1) is 22.7. The van der Waals surface area contributed by atoms with Crippen molar-refractivity contribution in [2.45, 2.75) is 11.4 Å². The Balaban J connectivity index is 1.83. The lowest BCUT2D eigenvalue weighted by Gasteiger charge is -2.13. The van der Waals surface area contributed by atoms with Crippen molar-refractivity contribution in [3.05, 3.63) is 88.4 Å². The minimum Gasteiger partial charge on any atom is -0.495 e. The summed E-state index contributed by atoms with van der Waals surface area (Å²) in [7, 11) is -2.75. The highest BCUT2D eigenvalue weighted by molar-refractivity contribution is 7.89. The summed E-state index contributed by atoms with van der Waals surface area (Å²) in [6, 6.07) is 13.3. The summed E-state index contributed by atoms with van der Waals surface area (Å²) in [5, 5.41) is 2.91. The van der Waals surface area contributed by atoms with Crippen LogP contribution >= 0.6 is 11.6 Å². The highest BCUT2D eigenvalue weighted by Crippen LogP contribution is 2.26. The first-order chi connectivity index (χ1) is 14.7. The fourth-order valence-corrected chi connectivity index (χ4v) is 4.00. The predicted octanol–water partition coefficient (Wildman–Crippen LogP) is 4.36. The zero-order valence-corrected chi connectivity index (χ0v) is 17.7. The van der Waals surface area contributed by atoms with Crippen LogP contribution in [0, 0.1) is 11.6 Å². The van der Waals surface area contributed by atoms with Crippen molar-refractivity contribution in [1.29, 1.82) is 0 Å². The molecule has 0 atom stereocenters. The molecule has 0 aromatic heterocycles. The summed E-state index contributed by atoms with van der Waals surface area (Å²) in [5.74, 6) is -2.85. The topological polar surface area (TPSA) is 84.5 Å². The fourth-order valence-electron chi connectivity index (χ4n) is 2.66. The third-order valence-electron chi connectivity index (χ3n) is 4.27. The van der Waals surface area contributed by atoms with Gasteiger partial charge in [0.05, 0.1) is 7.11 Å². The molecule has 3 rings (SSSR count). The number of halogens is 3. The molecule has 0 saturated carbocycles. The molecule has 31 heavy (non-hydrogen) atoms. The summed E-state index contributed by atoms with van der Waals surface area (Å²) >= 11 is 5.83. The molecular weight excluding hydrogens is 450 g/mol. The van der Waals surface area contributed by atoms with Gasteiger partial charge in [-0.15, -0.1) is 0 Å². The van der Waals surface area contributed by atoms with E-state index >= 15 is 0 Å². The normalized spacial score (nSPS) is 11.2. The third-order valence-corrected chi connectivity index (χ3v) is 5.95. The van der Waals surface area contributed by atoms with Crippen molar-refractivity contribution in [3.63, 3.8) is 0 Å². The zero-order valence-electron chi connectivity index (χ0n) is 16.2. The van der Waals surface area contributed by atoms with Crippen molar-refractivity contribution >= 4 is 33.2 Å². The predicted molar refractivity (Wildman–Crippen MR) is 113 cm³/mol. The van der Waals surface area contributed by atoms with Crippen LogP contribution in [0.4, 0.5) is 14.5 Å². The average Bonchev–Trinajstić information content (AvgIpc) is 2.75. The minimum atomic E-state index is -4.05. The van der Waals surface area contributed by atoms with Crippen LogP contribution in [0.15, 0.2) is 65.6 Å². The van der Waals surface area contributed by atoms with Gasteiger partial charge in [0.15, 0.2) is 11.6 Å². The molecule has 2 N–H and O–H groups in total. The largest absolute Gasteiger partial charge is 0.495 e. The number of rotatable bonds is 7. The molecule has 0 spiro atoms. The number of hydrogen-bond acceptors (Lipinski definition) is 4. The first-order valence-electron chi connectivity index (χ1n) is 8.88. The number of benzene rings is 3. The van der Waals surface area contributed by atoms with Gasteiger partial charge in [0.2, 0.25) is 10.0 Å². The van der Waals surface area contributed by atoms with Gasteiger partial charge in [-0.05, 0) is 48.0 Å². The number of carbonyl (C=O) groups excluding carboxylic acids is 1. The number of carbonyl (C=O) groups is 1.